The van der Waals surface area contributed by atoms with Crippen LogP contribution in [0.3, 0.4) is 0 Å². The summed E-state index contributed by atoms with van der Waals surface area (Å²) in [6, 6.07) is 0.429. The minimum atomic E-state index is -0.0872. The molecule has 2 aliphatic rings. The number of aliphatic hydroxyl groups is 1. The molecule has 4 heteroatoms. The predicted octanol–water partition coefficient (Wildman–Crippen LogP) is 0.859. The van der Waals surface area contributed by atoms with E-state index in [4.69, 9.17) is 0 Å². The van der Waals surface area contributed by atoms with Crippen LogP contribution in [0, 0.1) is 0 Å². The summed E-state index contributed by atoms with van der Waals surface area (Å²) >= 11 is 0. The van der Waals surface area contributed by atoms with Gasteiger partial charge in [0.2, 0.25) is 0 Å². The summed E-state index contributed by atoms with van der Waals surface area (Å²) < 4.78 is 0. The molecule has 2 unspecified atom stereocenters. The highest BCUT2D eigenvalue weighted by molar-refractivity contribution is 4.85. The second-order valence-electron chi connectivity index (χ2n) is 6.45. The average molecular weight is 269 g/mol. The Hall–Kier alpha value is -0.160. The molecule has 1 saturated carbocycles. The minimum Gasteiger partial charge on any atom is -0.391 e. The molecular weight excluding hydrogens is 238 g/mol. The van der Waals surface area contributed by atoms with Gasteiger partial charge in [0, 0.05) is 45.3 Å². The van der Waals surface area contributed by atoms with Crippen molar-refractivity contribution in [1.82, 2.24) is 14.7 Å². The fourth-order valence-electron chi connectivity index (χ4n) is 3.35. The van der Waals surface area contributed by atoms with Crippen molar-refractivity contribution in [3.63, 3.8) is 0 Å². The second kappa shape index (κ2) is 7.58. The van der Waals surface area contributed by atoms with E-state index < -0.39 is 0 Å². The molecule has 0 aromatic rings. The van der Waals surface area contributed by atoms with Gasteiger partial charge >= 0.3 is 0 Å². The second-order valence-corrected chi connectivity index (χ2v) is 6.45. The van der Waals surface area contributed by atoms with Crippen molar-refractivity contribution in [2.24, 2.45) is 0 Å². The first-order valence-corrected chi connectivity index (χ1v) is 7.96. The van der Waals surface area contributed by atoms with Crippen LogP contribution in [0.2, 0.25) is 0 Å². The van der Waals surface area contributed by atoms with Crippen LogP contribution in [-0.2, 0) is 0 Å². The van der Waals surface area contributed by atoms with Gasteiger partial charge < -0.3 is 10.0 Å². The van der Waals surface area contributed by atoms with Crippen molar-refractivity contribution in [3.05, 3.63) is 0 Å². The smallest absolute Gasteiger partial charge is 0.0695 e. The molecule has 2 atom stereocenters. The Balaban J connectivity index is 1.75. The van der Waals surface area contributed by atoms with Crippen molar-refractivity contribution in [3.8, 4) is 0 Å². The molecule has 112 valence electrons. The number of hydrogen-bond donors (Lipinski definition) is 1. The van der Waals surface area contributed by atoms with E-state index in [2.05, 4.69) is 28.8 Å². The van der Waals surface area contributed by atoms with Crippen LogP contribution in [0.25, 0.3) is 0 Å². The quantitative estimate of drug-likeness (QED) is 0.767. The molecule has 1 heterocycles. The number of nitrogens with zero attached hydrogens (tertiary/aromatic N) is 3. The highest BCUT2D eigenvalue weighted by atomic mass is 16.3. The number of aliphatic hydroxyl groups excluding tert-OH is 1. The lowest BCUT2D eigenvalue weighted by atomic mass is 10.0. The lowest BCUT2D eigenvalue weighted by Gasteiger charge is -2.40. The molecule has 4 nitrogen and oxygen atoms in total. The topological polar surface area (TPSA) is 30.0 Å². The van der Waals surface area contributed by atoms with Gasteiger partial charge in [-0.25, -0.2) is 0 Å². The van der Waals surface area contributed by atoms with Gasteiger partial charge in [0.05, 0.1) is 6.10 Å². The predicted molar refractivity (Wildman–Crippen MR) is 79.4 cm³/mol. The Morgan fingerprint density at radius 2 is 1.68 bits per heavy atom. The van der Waals surface area contributed by atoms with Crippen LogP contribution in [0.4, 0.5) is 0 Å². The molecule has 0 aromatic heterocycles. The first kappa shape index (κ1) is 15.2. The van der Waals surface area contributed by atoms with Crippen molar-refractivity contribution < 1.29 is 5.11 Å². The first-order chi connectivity index (χ1) is 9.16. The zero-order valence-electron chi connectivity index (χ0n) is 12.7. The molecule has 1 aliphatic carbocycles. The van der Waals surface area contributed by atoms with Crippen LogP contribution in [0.1, 0.15) is 32.1 Å². The molecule has 0 bridgehead atoms. The molecule has 0 radical (unpaired) electrons. The van der Waals surface area contributed by atoms with E-state index in [-0.39, 0.29) is 6.10 Å². The maximum absolute atomic E-state index is 10.3. The SMILES string of the molecule is CN(C)CCN1CCN(C2CCCCCC2O)CC1. The number of rotatable bonds is 4. The van der Waals surface area contributed by atoms with Gasteiger partial charge in [0.1, 0.15) is 0 Å². The van der Waals surface area contributed by atoms with Gasteiger partial charge in [-0.3, -0.25) is 9.80 Å². The van der Waals surface area contributed by atoms with Crippen molar-refractivity contribution >= 4 is 0 Å². The fourth-order valence-corrected chi connectivity index (χ4v) is 3.35. The molecule has 0 aromatic carbocycles. The molecule has 2 fully saturated rings. The Bertz CT molecular complexity index is 252. The average Bonchev–Trinajstić information content (AvgIpc) is 2.62. The summed E-state index contributed by atoms with van der Waals surface area (Å²) in [5, 5.41) is 10.3. The summed E-state index contributed by atoms with van der Waals surface area (Å²) in [6.45, 7) is 6.92. The normalized spacial score (nSPS) is 31.6. The third kappa shape index (κ3) is 4.71. The van der Waals surface area contributed by atoms with Crippen LogP contribution < -0.4 is 0 Å². The molecule has 2 rings (SSSR count). The maximum atomic E-state index is 10.3. The van der Waals surface area contributed by atoms with E-state index in [0.717, 1.165) is 39.1 Å². The summed E-state index contributed by atoms with van der Waals surface area (Å²) in [5.41, 5.74) is 0. The number of hydrogen-bond acceptors (Lipinski definition) is 4. The lowest BCUT2D eigenvalue weighted by molar-refractivity contribution is 0.0145. The molecule has 1 saturated heterocycles. The van der Waals surface area contributed by atoms with Crippen LogP contribution in [0.5, 0.6) is 0 Å². The summed E-state index contributed by atoms with van der Waals surface area (Å²) in [6.07, 6.45) is 5.92. The largest absolute Gasteiger partial charge is 0.391 e. The van der Waals surface area contributed by atoms with Crippen molar-refractivity contribution in [2.45, 2.75) is 44.2 Å². The van der Waals surface area contributed by atoms with E-state index >= 15 is 0 Å². The minimum absolute atomic E-state index is 0.0872. The van der Waals surface area contributed by atoms with Gasteiger partial charge in [-0.05, 0) is 26.9 Å². The summed E-state index contributed by atoms with van der Waals surface area (Å²) in [7, 11) is 4.27. The van der Waals surface area contributed by atoms with E-state index in [9.17, 15) is 5.11 Å². The molecule has 0 spiro atoms. The lowest BCUT2D eigenvalue weighted by Crippen LogP contribution is -2.54. The van der Waals surface area contributed by atoms with E-state index in [0.29, 0.717) is 6.04 Å². The zero-order chi connectivity index (χ0) is 13.7. The standard InChI is InChI=1S/C15H31N3O/c1-16(2)8-9-17-10-12-18(13-11-17)14-6-4-3-5-7-15(14)19/h14-15,19H,3-13H2,1-2H3. The highest BCUT2D eigenvalue weighted by Gasteiger charge is 2.29. The summed E-state index contributed by atoms with van der Waals surface area (Å²) in [5.74, 6) is 0. The van der Waals surface area contributed by atoms with Crippen molar-refractivity contribution in [1.29, 1.82) is 0 Å². The highest BCUT2D eigenvalue weighted by Crippen LogP contribution is 2.23. The van der Waals surface area contributed by atoms with Crippen molar-refractivity contribution in [2.75, 3.05) is 53.4 Å². The fraction of sp³-hybridized carbons (Fsp3) is 1.00. The van der Waals surface area contributed by atoms with E-state index in [1.807, 2.05) is 0 Å². The number of piperazine rings is 1. The zero-order valence-corrected chi connectivity index (χ0v) is 12.7. The van der Waals surface area contributed by atoms with Gasteiger partial charge in [-0.15, -0.1) is 0 Å². The van der Waals surface area contributed by atoms with E-state index in [1.54, 1.807) is 0 Å². The monoisotopic (exact) mass is 269 g/mol. The number of likely N-dealkylation sites (N-methyl/N-ethyl adjacent to an activating group) is 1. The van der Waals surface area contributed by atoms with Crippen LogP contribution >= 0.6 is 0 Å². The van der Waals surface area contributed by atoms with Crippen LogP contribution in [-0.4, -0.2) is 85.3 Å². The first-order valence-electron chi connectivity index (χ1n) is 7.96. The molecule has 1 N–H and O–H groups in total. The van der Waals surface area contributed by atoms with Gasteiger partial charge in [0.15, 0.2) is 0 Å². The summed E-state index contributed by atoms with van der Waals surface area (Å²) in [4.78, 5) is 7.35. The Kier molecular flexibility index (Phi) is 6.07. The van der Waals surface area contributed by atoms with Gasteiger partial charge in [0.25, 0.3) is 0 Å². The Morgan fingerprint density at radius 3 is 2.37 bits per heavy atom. The molecular formula is C15H31N3O. The Labute approximate surface area is 118 Å². The molecule has 0 amide bonds. The third-order valence-corrected chi connectivity index (χ3v) is 4.68. The van der Waals surface area contributed by atoms with E-state index in [1.165, 1.54) is 32.2 Å². The molecule has 19 heavy (non-hydrogen) atoms. The maximum Gasteiger partial charge on any atom is 0.0695 e. The Morgan fingerprint density at radius 1 is 1.00 bits per heavy atom. The van der Waals surface area contributed by atoms with Gasteiger partial charge in [-0.1, -0.05) is 19.3 Å². The third-order valence-electron chi connectivity index (χ3n) is 4.68. The molecule has 1 aliphatic heterocycles. The van der Waals surface area contributed by atoms with Gasteiger partial charge in [-0.2, -0.15) is 0 Å². The van der Waals surface area contributed by atoms with Crippen LogP contribution in [0.15, 0.2) is 0 Å².